The van der Waals surface area contributed by atoms with E-state index in [4.69, 9.17) is 0 Å². The second-order valence-corrected chi connectivity index (χ2v) is 9.98. The molecule has 0 bridgehead atoms. The number of piperidine rings is 1. The Kier molecular flexibility index (Phi) is 7.04. The topological polar surface area (TPSA) is 109 Å². The first-order valence-electron chi connectivity index (χ1n) is 10.3. The number of aryl methyl sites for hydroxylation is 2. The standard InChI is InChI=1S/C22H28N4O4S/c1-15-6-8-18(9-7-15)31(29,30)12-10-20(27)26-11-4-5-17(14-26)21-24-13-19(16(2)25-21)22(28)23-3/h6-9,13,17H,4-5,10-12,14H2,1-3H3,(H,23,28)/t17-/m0/s1. The molecule has 2 aromatic rings. The van der Waals surface area contributed by atoms with Crippen molar-refractivity contribution >= 4 is 21.7 Å². The van der Waals surface area contributed by atoms with Crippen LogP contribution >= 0.6 is 0 Å². The summed E-state index contributed by atoms with van der Waals surface area (Å²) >= 11 is 0. The van der Waals surface area contributed by atoms with E-state index in [0.717, 1.165) is 18.4 Å². The van der Waals surface area contributed by atoms with Gasteiger partial charge in [-0.2, -0.15) is 0 Å². The van der Waals surface area contributed by atoms with Crippen LogP contribution in [0.3, 0.4) is 0 Å². The predicted molar refractivity (Wildman–Crippen MR) is 117 cm³/mol. The summed E-state index contributed by atoms with van der Waals surface area (Å²) in [6.07, 6.45) is 3.09. The number of amides is 2. The van der Waals surface area contributed by atoms with E-state index >= 15 is 0 Å². The van der Waals surface area contributed by atoms with Crippen molar-refractivity contribution < 1.29 is 18.0 Å². The summed E-state index contributed by atoms with van der Waals surface area (Å²) in [6, 6.07) is 6.66. The van der Waals surface area contributed by atoms with Crippen molar-refractivity contribution in [3.8, 4) is 0 Å². The van der Waals surface area contributed by atoms with Gasteiger partial charge in [0.05, 0.1) is 21.9 Å². The number of carbonyl (C=O) groups excluding carboxylic acids is 2. The highest BCUT2D eigenvalue weighted by Crippen LogP contribution is 2.25. The molecule has 1 aromatic carbocycles. The quantitative estimate of drug-likeness (QED) is 0.730. The monoisotopic (exact) mass is 444 g/mol. The van der Waals surface area contributed by atoms with Crippen LogP contribution in [0.15, 0.2) is 35.4 Å². The molecule has 31 heavy (non-hydrogen) atoms. The average Bonchev–Trinajstić information content (AvgIpc) is 2.77. The molecule has 3 rings (SSSR count). The molecule has 1 atom stereocenters. The Morgan fingerprint density at radius 2 is 1.90 bits per heavy atom. The van der Waals surface area contributed by atoms with Crippen LogP contribution in [0.4, 0.5) is 0 Å². The summed E-state index contributed by atoms with van der Waals surface area (Å²) in [5.74, 6) is -0.0656. The van der Waals surface area contributed by atoms with Crippen LogP contribution in [0, 0.1) is 13.8 Å². The van der Waals surface area contributed by atoms with Gasteiger partial charge in [-0.1, -0.05) is 17.7 Å². The minimum atomic E-state index is -3.51. The lowest BCUT2D eigenvalue weighted by atomic mass is 9.96. The average molecular weight is 445 g/mol. The molecular formula is C22H28N4O4S. The van der Waals surface area contributed by atoms with E-state index in [1.54, 1.807) is 43.1 Å². The maximum atomic E-state index is 12.7. The second-order valence-electron chi connectivity index (χ2n) is 7.87. The predicted octanol–water partition coefficient (Wildman–Crippen LogP) is 2.02. The Hall–Kier alpha value is -2.81. The van der Waals surface area contributed by atoms with Crippen molar-refractivity contribution in [1.29, 1.82) is 0 Å². The third kappa shape index (κ3) is 5.46. The molecule has 2 amide bonds. The van der Waals surface area contributed by atoms with E-state index in [1.165, 1.54) is 6.20 Å². The number of rotatable bonds is 6. The Balaban J connectivity index is 1.63. The summed E-state index contributed by atoms with van der Waals surface area (Å²) in [6.45, 7) is 4.69. The minimum absolute atomic E-state index is 0.0381. The number of benzene rings is 1. The van der Waals surface area contributed by atoms with Crippen LogP contribution in [0.25, 0.3) is 0 Å². The molecule has 1 aliphatic rings. The van der Waals surface area contributed by atoms with Gasteiger partial charge in [0.2, 0.25) is 5.91 Å². The van der Waals surface area contributed by atoms with Crippen molar-refractivity contribution in [2.45, 2.75) is 43.9 Å². The third-order valence-corrected chi connectivity index (χ3v) is 7.31. The van der Waals surface area contributed by atoms with Crippen molar-refractivity contribution in [2.24, 2.45) is 0 Å². The SMILES string of the molecule is CNC(=O)c1cnc([C@H]2CCCN(C(=O)CCS(=O)(=O)c3ccc(C)cc3)C2)nc1C. The van der Waals surface area contributed by atoms with Gasteiger partial charge >= 0.3 is 0 Å². The largest absolute Gasteiger partial charge is 0.355 e. The van der Waals surface area contributed by atoms with Gasteiger partial charge < -0.3 is 10.2 Å². The molecule has 0 aliphatic carbocycles. The molecule has 0 saturated carbocycles. The molecule has 8 nitrogen and oxygen atoms in total. The van der Waals surface area contributed by atoms with Crippen LogP contribution < -0.4 is 5.32 Å². The zero-order valence-corrected chi connectivity index (χ0v) is 18.9. The first-order valence-corrected chi connectivity index (χ1v) is 12.0. The zero-order valence-electron chi connectivity index (χ0n) is 18.1. The highest BCUT2D eigenvalue weighted by Gasteiger charge is 2.28. The van der Waals surface area contributed by atoms with E-state index in [9.17, 15) is 18.0 Å². The van der Waals surface area contributed by atoms with Gasteiger partial charge in [-0.25, -0.2) is 18.4 Å². The van der Waals surface area contributed by atoms with E-state index in [1.807, 2.05) is 6.92 Å². The molecule has 2 heterocycles. The number of likely N-dealkylation sites (tertiary alicyclic amines) is 1. The normalized spacial score (nSPS) is 16.7. The molecule has 1 N–H and O–H groups in total. The molecule has 0 unspecified atom stereocenters. The van der Waals surface area contributed by atoms with E-state index in [0.29, 0.717) is 30.2 Å². The summed E-state index contributed by atoms with van der Waals surface area (Å²) in [5, 5.41) is 2.56. The Bertz CT molecular complexity index is 1070. The van der Waals surface area contributed by atoms with Crippen molar-refractivity contribution in [2.75, 3.05) is 25.9 Å². The van der Waals surface area contributed by atoms with Crippen LogP contribution in [0.1, 0.15) is 52.6 Å². The summed E-state index contributed by atoms with van der Waals surface area (Å²) in [5.41, 5.74) is 2.00. The summed E-state index contributed by atoms with van der Waals surface area (Å²) < 4.78 is 25.1. The number of sulfone groups is 1. The first kappa shape index (κ1) is 22.9. The van der Waals surface area contributed by atoms with Crippen LogP contribution in [0.5, 0.6) is 0 Å². The van der Waals surface area contributed by atoms with Crippen molar-refractivity contribution in [1.82, 2.24) is 20.2 Å². The molecule has 1 saturated heterocycles. The van der Waals surface area contributed by atoms with Gasteiger partial charge in [0.25, 0.3) is 5.91 Å². The fourth-order valence-electron chi connectivity index (χ4n) is 3.70. The molecule has 1 aliphatic heterocycles. The number of nitrogens with one attached hydrogen (secondary N) is 1. The van der Waals surface area contributed by atoms with Gasteiger partial charge in [-0.3, -0.25) is 9.59 Å². The van der Waals surface area contributed by atoms with Gasteiger partial charge in [-0.05, 0) is 38.8 Å². The first-order chi connectivity index (χ1) is 14.7. The third-order valence-electron chi connectivity index (χ3n) is 5.57. The number of hydrogen-bond donors (Lipinski definition) is 1. The van der Waals surface area contributed by atoms with E-state index in [-0.39, 0.29) is 34.8 Å². The highest BCUT2D eigenvalue weighted by molar-refractivity contribution is 7.91. The van der Waals surface area contributed by atoms with Crippen LogP contribution in [-0.2, 0) is 14.6 Å². The van der Waals surface area contributed by atoms with Gasteiger partial charge in [0.1, 0.15) is 5.82 Å². The number of aromatic nitrogens is 2. The van der Waals surface area contributed by atoms with Crippen molar-refractivity contribution in [3.63, 3.8) is 0 Å². The Morgan fingerprint density at radius 3 is 2.55 bits per heavy atom. The highest BCUT2D eigenvalue weighted by atomic mass is 32.2. The Labute approximate surface area is 183 Å². The van der Waals surface area contributed by atoms with E-state index in [2.05, 4.69) is 15.3 Å². The number of nitrogens with zero attached hydrogens (tertiary/aromatic N) is 3. The second kappa shape index (κ2) is 9.55. The molecule has 1 aromatic heterocycles. The van der Waals surface area contributed by atoms with Crippen LogP contribution in [-0.4, -0.2) is 61.0 Å². The lowest BCUT2D eigenvalue weighted by Gasteiger charge is -2.32. The molecule has 166 valence electrons. The smallest absolute Gasteiger partial charge is 0.254 e. The fourth-order valence-corrected chi connectivity index (χ4v) is 4.93. The maximum Gasteiger partial charge on any atom is 0.254 e. The molecule has 1 fully saturated rings. The summed E-state index contributed by atoms with van der Waals surface area (Å²) in [7, 11) is -1.95. The fraction of sp³-hybridized carbons (Fsp3) is 0.455. The van der Waals surface area contributed by atoms with Gasteiger partial charge in [0.15, 0.2) is 9.84 Å². The number of carbonyl (C=O) groups is 2. The zero-order chi connectivity index (χ0) is 22.6. The van der Waals surface area contributed by atoms with E-state index < -0.39 is 9.84 Å². The molecular weight excluding hydrogens is 416 g/mol. The van der Waals surface area contributed by atoms with Gasteiger partial charge in [-0.15, -0.1) is 0 Å². The minimum Gasteiger partial charge on any atom is -0.355 e. The maximum absolute atomic E-state index is 12.7. The Morgan fingerprint density at radius 1 is 1.19 bits per heavy atom. The van der Waals surface area contributed by atoms with Gasteiger partial charge in [0, 0.05) is 38.7 Å². The number of hydrogen-bond acceptors (Lipinski definition) is 6. The lowest BCUT2D eigenvalue weighted by molar-refractivity contribution is -0.132. The van der Waals surface area contributed by atoms with Crippen LogP contribution in [0.2, 0.25) is 0 Å². The summed E-state index contributed by atoms with van der Waals surface area (Å²) in [4.78, 5) is 35.3. The van der Waals surface area contributed by atoms with Crippen molar-refractivity contribution in [3.05, 3.63) is 53.1 Å². The lowest BCUT2D eigenvalue weighted by Crippen LogP contribution is -2.40. The molecule has 0 spiro atoms. The molecule has 0 radical (unpaired) electrons. The molecule has 9 heteroatoms.